The molecule has 14 heavy (non-hydrogen) atoms. The zero-order valence-corrected chi connectivity index (χ0v) is 9.74. The van der Waals surface area contributed by atoms with E-state index in [2.05, 4.69) is 6.07 Å². The lowest BCUT2D eigenvalue weighted by Gasteiger charge is -2.20. The number of hydrogen-bond acceptors (Lipinski definition) is 1. The Bertz CT molecular complexity index is 400. The Morgan fingerprint density at radius 2 is 1.86 bits per heavy atom. The van der Waals surface area contributed by atoms with E-state index >= 15 is 0 Å². The fourth-order valence-electron chi connectivity index (χ4n) is 1.56. The third-order valence-electron chi connectivity index (χ3n) is 2.53. The van der Waals surface area contributed by atoms with Gasteiger partial charge in [-0.15, -0.1) is 0 Å². The molecule has 1 aromatic carbocycles. The number of rotatable bonds is 1. The topological polar surface area (TPSA) is 23.8 Å². The van der Waals surface area contributed by atoms with Gasteiger partial charge < -0.3 is 0 Å². The molecule has 74 valence electrons. The molecule has 0 aromatic heterocycles. The Balaban J connectivity index is 3.41. The van der Waals surface area contributed by atoms with Gasteiger partial charge in [0.1, 0.15) is 0 Å². The van der Waals surface area contributed by atoms with E-state index in [-0.39, 0.29) is 0 Å². The summed E-state index contributed by atoms with van der Waals surface area (Å²) in [5.41, 5.74) is 2.61. The summed E-state index contributed by atoms with van der Waals surface area (Å²) in [5, 5.41) is 9.81. The molecule has 0 aliphatic carbocycles. The maximum absolute atomic E-state index is 9.04. The van der Waals surface area contributed by atoms with Crippen LogP contribution in [0.1, 0.15) is 30.5 Å². The number of nitriles is 1. The molecule has 0 aliphatic heterocycles. The van der Waals surface area contributed by atoms with E-state index in [1.807, 2.05) is 39.8 Å². The molecule has 0 saturated carbocycles. The van der Waals surface area contributed by atoms with Crippen molar-refractivity contribution in [1.82, 2.24) is 0 Å². The lowest BCUT2D eigenvalue weighted by atomic mass is 9.83. The van der Waals surface area contributed by atoms with Gasteiger partial charge in [-0.25, -0.2) is 0 Å². The van der Waals surface area contributed by atoms with E-state index < -0.39 is 5.41 Å². The summed E-state index contributed by atoms with van der Waals surface area (Å²) >= 11 is 6.14. The molecule has 0 fully saturated rings. The minimum atomic E-state index is -0.471. The third kappa shape index (κ3) is 1.76. The van der Waals surface area contributed by atoms with Crippen molar-refractivity contribution in [3.05, 3.63) is 33.8 Å². The van der Waals surface area contributed by atoms with E-state index in [1.165, 1.54) is 0 Å². The molecule has 0 atom stereocenters. The first-order valence-electron chi connectivity index (χ1n) is 4.57. The van der Waals surface area contributed by atoms with Crippen molar-refractivity contribution in [3.8, 4) is 6.07 Å². The second-order valence-electron chi connectivity index (χ2n) is 4.11. The molecule has 0 aliphatic rings. The van der Waals surface area contributed by atoms with Crippen molar-refractivity contribution >= 4 is 11.6 Å². The highest BCUT2D eigenvalue weighted by Crippen LogP contribution is 2.31. The Kier molecular flexibility index (Phi) is 2.87. The molecular formula is C12H14ClN. The van der Waals surface area contributed by atoms with Gasteiger partial charge in [-0.05, 0) is 44.4 Å². The van der Waals surface area contributed by atoms with E-state index in [0.29, 0.717) is 0 Å². The van der Waals surface area contributed by atoms with Crippen LogP contribution in [-0.4, -0.2) is 0 Å². The van der Waals surface area contributed by atoms with E-state index in [1.54, 1.807) is 0 Å². The molecule has 1 aromatic rings. The number of benzene rings is 1. The molecule has 0 unspecified atom stereocenters. The van der Waals surface area contributed by atoms with Gasteiger partial charge in [0.25, 0.3) is 0 Å². The van der Waals surface area contributed by atoms with Crippen LogP contribution >= 0.6 is 11.6 Å². The van der Waals surface area contributed by atoms with Crippen LogP contribution in [0.2, 0.25) is 5.02 Å². The van der Waals surface area contributed by atoms with Crippen LogP contribution < -0.4 is 0 Å². The summed E-state index contributed by atoms with van der Waals surface area (Å²) in [4.78, 5) is 0. The first-order chi connectivity index (χ1) is 6.40. The summed E-state index contributed by atoms with van der Waals surface area (Å²) in [5.74, 6) is 0. The Morgan fingerprint density at radius 3 is 2.36 bits per heavy atom. The quantitative estimate of drug-likeness (QED) is 0.688. The highest BCUT2D eigenvalue weighted by atomic mass is 35.5. The minimum Gasteiger partial charge on any atom is -0.197 e. The van der Waals surface area contributed by atoms with Gasteiger partial charge in [0.2, 0.25) is 0 Å². The second kappa shape index (κ2) is 3.63. The molecular weight excluding hydrogens is 194 g/mol. The van der Waals surface area contributed by atoms with Gasteiger partial charge >= 0.3 is 0 Å². The molecule has 1 rings (SSSR count). The molecule has 0 N–H and O–H groups in total. The Labute approximate surface area is 90.3 Å². The standard InChI is InChI=1S/C12H14ClN/c1-8-5-6-10(9(2)11(8)13)12(3,4)7-14/h5-6H,1-4H3. The van der Waals surface area contributed by atoms with E-state index in [4.69, 9.17) is 16.9 Å². The highest BCUT2D eigenvalue weighted by Gasteiger charge is 2.23. The van der Waals surface area contributed by atoms with Crippen LogP contribution in [-0.2, 0) is 5.41 Å². The largest absolute Gasteiger partial charge is 0.197 e. The van der Waals surface area contributed by atoms with Crippen molar-refractivity contribution < 1.29 is 0 Å². The normalized spacial score (nSPS) is 11.1. The average molecular weight is 208 g/mol. The minimum absolute atomic E-state index is 0.471. The van der Waals surface area contributed by atoms with Crippen molar-refractivity contribution in [2.24, 2.45) is 0 Å². The summed E-state index contributed by atoms with van der Waals surface area (Å²) in [6, 6.07) is 6.23. The van der Waals surface area contributed by atoms with Crippen molar-refractivity contribution in [1.29, 1.82) is 5.26 Å². The highest BCUT2D eigenvalue weighted by molar-refractivity contribution is 6.32. The maximum atomic E-state index is 9.04. The lowest BCUT2D eigenvalue weighted by Crippen LogP contribution is -2.15. The van der Waals surface area contributed by atoms with Crippen LogP contribution in [0.4, 0.5) is 0 Å². The SMILES string of the molecule is Cc1ccc(C(C)(C)C#N)c(C)c1Cl. The van der Waals surface area contributed by atoms with Crippen LogP contribution in [0, 0.1) is 25.2 Å². The third-order valence-corrected chi connectivity index (χ3v) is 3.11. The lowest BCUT2D eigenvalue weighted by molar-refractivity contribution is 0.681. The van der Waals surface area contributed by atoms with Gasteiger partial charge in [-0.1, -0.05) is 23.7 Å². The van der Waals surface area contributed by atoms with Gasteiger partial charge in [0.05, 0.1) is 11.5 Å². The summed E-state index contributed by atoms with van der Waals surface area (Å²) in [6.45, 7) is 7.74. The smallest absolute Gasteiger partial charge is 0.0769 e. The molecule has 1 nitrogen and oxygen atoms in total. The monoisotopic (exact) mass is 207 g/mol. The molecule has 0 amide bonds. The van der Waals surface area contributed by atoms with E-state index in [9.17, 15) is 0 Å². The number of hydrogen-bond donors (Lipinski definition) is 0. The Hall–Kier alpha value is -1.00. The van der Waals surface area contributed by atoms with Crippen molar-refractivity contribution in [2.75, 3.05) is 0 Å². The van der Waals surface area contributed by atoms with Gasteiger partial charge in [-0.2, -0.15) is 5.26 Å². The molecule has 0 bridgehead atoms. The number of aryl methyl sites for hydroxylation is 1. The predicted molar refractivity (Wildman–Crippen MR) is 59.6 cm³/mol. The maximum Gasteiger partial charge on any atom is 0.0769 e. The fraction of sp³-hybridized carbons (Fsp3) is 0.417. The molecule has 2 heteroatoms. The molecule has 0 radical (unpaired) electrons. The van der Waals surface area contributed by atoms with Crippen molar-refractivity contribution in [3.63, 3.8) is 0 Å². The number of nitrogens with zero attached hydrogens (tertiary/aromatic N) is 1. The summed E-state index contributed by atoms with van der Waals surface area (Å²) < 4.78 is 0. The van der Waals surface area contributed by atoms with Crippen molar-refractivity contribution in [2.45, 2.75) is 33.1 Å². The Morgan fingerprint density at radius 1 is 1.29 bits per heavy atom. The molecule has 0 saturated heterocycles. The first-order valence-corrected chi connectivity index (χ1v) is 4.95. The zero-order chi connectivity index (χ0) is 10.9. The fourth-order valence-corrected chi connectivity index (χ4v) is 1.72. The van der Waals surface area contributed by atoms with E-state index in [0.717, 1.165) is 21.7 Å². The zero-order valence-electron chi connectivity index (χ0n) is 8.98. The second-order valence-corrected chi connectivity index (χ2v) is 4.48. The average Bonchev–Trinajstić information content (AvgIpc) is 2.14. The van der Waals surface area contributed by atoms with Gasteiger partial charge in [0, 0.05) is 5.02 Å². The van der Waals surface area contributed by atoms with Crippen LogP contribution in [0.5, 0.6) is 0 Å². The molecule has 0 heterocycles. The van der Waals surface area contributed by atoms with Crippen LogP contribution in [0.25, 0.3) is 0 Å². The molecule has 0 spiro atoms. The summed E-state index contributed by atoms with van der Waals surface area (Å²) in [7, 11) is 0. The number of halogens is 1. The first kappa shape index (κ1) is 11.1. The predicted octanol–water partition coefficient (Wildman–Crippen LogP) is 3.76. The van der Waals surface area contributed by atoms with Crippen LogP contribution in [0.15, 0.2) is 12.1 Å². The van der Waals surface area contributed by atoms with Crippen LogP contribution in [0.3, 0.4) is 0 Å². The van der Waals surface area contributed by atoms with Gasteiger partial charge in [0.15, 0.2) is 0 Å². The summed E-state index contributed by atoms with van der Waals surface area (Å²) in [6.07, 6.45) is 0. The van der Waals surface area contributed by atoms with Gasteiger partial charge in [-0.3, -0.25) is 0 Å².